The van der Waals surface area contributed by atoms with Crippen LogP contribution in [0.3, 0.4) is 0 Å². The van der Waals surface area contributed by atoms with Crippen molar-refractivity contribution in [3.05, 3.63) is 34.9 Å². The van der Waals surface area contributed by atoms with Crippen LogP contribution in [0.4, 0.5) is 0 Å². The lowest BCUT2D eigenvalue weighted by Crippen LogP contribution is -2.50. The smallest absolute Gasteiger partial charge is 0.384 e. The molecule has 1 aromatic rings. The third-order valence-electron chi connectivity index (χ3n) is 7.48. The van der Waals surface area contributed by atoms with Gasteiger partial charge in [-0.3, -0.25) is 4.79 Å². The zero-order chi connectivity index (χ0) is 19.4. The van der Waals surface area contributed by atoms with E-state index in [9.17, 15) is 14.7 Å². The van der Waals surface area contributed by atoms with Gasteiger partial charge in [-0.15, -0.1) is 0 Å². The lowest BCUT2D eigenvalue weighted by atomic mass is 9.53. The number of aryl methyl sites for hydroxylation is 1. The molecular formula is C23H26O4. The second-order valence-corrected chi connectivity index (χ2v) is 8.69. The molecule has 4 heteroatoms. The molecule has 4 rings (SSSR count). The first-order valence-corrected chi connectivity index (χ1v) is 9.76. The van der Waals surface area contributed by atoms with E-state index in [1.807, 2.05) is 13.0 Å². The van der Waals surface area contributed by atoms with Gasteiger partial charge in [-0.05, 0) is 62.0 Å². The monoisotopic (exact) mass is 366 g/mol. The first-order chi connectivity index (χ1) is 12.8. The number of carbonyl (C=O) groups is 2. The maximum atomic E-state index is 12.8. The van der Waals surface area contributed by atoms with E-state index < -0.39 is 17.0 Å². The second kappa shape index (κ2) is 6.21. The topological polar surface area (TPSA) is 63.6 Å². The van der Waals surface area contributed by atoms with Crippen molar-refractivity contribution in [2.24, 2.45) is 17.3 Å². The molecule has 0 aliphatic heterocycles. The average Bonchev–Trinajstić information content (AvgIpc) is 2.92. The number of hydrogen-bond acceptors (Lipinski definition) is 4. The molecule has 0 amide bonds. The summed E-state index contributed by atoms with van der Waals surface area (Å²) >= 11 is 0. The lowest BCUT2D eigenvalue weighted by molar-refractivity contribution is -0.133. The van der Waals surface area contributed by atoms with Crippen LogP contribution in [-0.2, 0) is 9.53 Å². The fourth-order valence-corrected chi connectivity index (χ4v) is 5.94. The SMILES string of the molecule is COC(=O)C#C[C@]1(O)CC[C@H]2[C@@H]3CC(=O)c4cc(C)ccc4[C@H]3CC[C@@]21C. The number of Topliss-reactive ketones (excluding diaryl/α,β-unsaturated/α-hetero) is 1. The summed E-state index contributed by atoms with van der Waals surface area (Å²) in [7, 11) is 1.29. The second-order valence-electron chi connectivity index (χ2n) is 8.69. The normalized spacial score (nSPS) is 36.7. The van der Waals surface area contributed by atoms with E-state index in [4.69, 9.17) is 0 Å². The highest BCUT2D eigenvalue weighted by Gasteiger charge is 2.61. The summed E-state index contributed by atoms with van der Waals surface area (Å²) in [5.74, 6) is 5.70. The number of benzene rings is 1. The highest BCUT2D eigenvalue weighted by atomic mass is 16.5. The molecule has 0 unspecified atom stereocenters. The highest BCUT2D eigenvalue weighted by molar-refractivity contribution is 5.99. The summed E-state index contributed by atoms with van der Waals surface area (Å²) in [5, 5.41) is 11.3. The third-order valence-corrected chi connectivity index (χ3v) is 7.48. The zero-order valence-corrected chi connectivity index (χ0v) is 16.2. The average molecular weight is 366 g/mol. The summed E-state index contributed by atoms with van der Waals surface area (Å²) in [6, 6.07) is 6.24. The van der Waals surface area contributed by atoms with E-state index in [2.05, 4.69) is 35.6 Å². The first kappa shape index (κ1) is 18.3. The molecule has 0 radical (unpaired) electrons. The van der Waals surface area contributed by atoms with Crippen LogP contribution in [0.15, 0.2) is 18.2 Å². The maximum absolute atomic E-state index is 12.8. The van der Waals surface area contributed by atoms with Crippen molar-refractivity contribution in [2.45, 2.75) is 57.5 Å². The molecule has 0 bridgehead atoms. The van der Waals surface area contributed by atoms with Gasteiger partial charge >= 0.3 is 5.97 Å². The molecule has 3 aliphatic carbocycles. The van der Waals surface area contributed by atoms with Gasteiger partial charge < -0.3 is 9.84 Å². The molecule has 2 saturated carbocycles. The van der Waals surface area contributed by atoms with Crippen molar-refractivity contribution in [1.29, 1.82) is 0 Å². The molecular weight excluding hydrogens is 340 g/mol. The largest absolute Gasteiger partial charge is 0.459 e. The Kier molecular flexibility index (Phi) is 4.20. The number of carbonyl (C=O) groups excluding carboxylic acids is 2. The molecule has 0 spiro atoms. The molecule has 5 atom stereocenters. The number of rotatable bonds is 0. The quantitative estimate of drug-likeness (QED) is 0.434. The van der Waals surface area contributed by atoms with Crippen molar-refractivity contribution in [3.63, 3.8) is 0 Å². The molecule has 27 heavy (non-hydrogen) atoms. The number of methoxy groups -OCH3 is 1. The fraction of sp³-hybridized carbons (Fsp3) is 0.565. The van der Waals surface area contributed by atoms with Crippen molar-refractivity contribution in [1.82, 2.24) is 0 Å². The third kappa shape index (κ3) is 2.63. The summed E-state index contributed by atoms with van der Waals surface area (Å²) in [6.07, 6.45) is 3.69. The minimum absolute atomic E-state index is 0.218. The van der Waals surface area contributed by atoms with Gasteiger partial charge in [0.25, 0.3) is 0 Å². The highest BCUT2D eigenvalue weighted by Crippen LogP contribution is 2.64. The minimum atomic E-state index is -1.20. The predicted octanol–water partition coefficient (Wildman–Crippen LogP) is 3.40. The molecule has 0 heterocycles. The number of aliphatic hydroxyl groups is 1. The van der Waals surface area contributed by atoms with Gasteiger partial charge in [0.1, 0.15) is 5.60 Å². The maximum Gasteiger partial charge on any atom is 0.384 e. The molecule has 4 nitrogen and oxygen atoms in total. The molecule has 1 aromatic carbocycles. The zero-order valence-electron chi connectivity index (χ0n) is 16.2. The van der Waals surface area contributed by atoms with Crippen LogP contribution in [0.5, 0.6) is 0 Å². The van der Waals surface area contributed by atoms with E-state index in [1.165, 1.54) is 12.7 Å². The van der Waals surface area contributed by atoms with Crippen molar-refractivity contribution in [2.75, 3.05) is 7.11 Å². The van der Waals surface area contributed by atoms with Crippen LogP contribution < -0.4 is 0 Å². The Labute approximate surface area is 160 Å². The van der Waals surface area contributed by atoms with Gasteiger partial charge in [0.2, 0.25) is 0 Å². The number of ether oxygens (including phenoxy) is 1. The van der Waals surface area contributed by atoms with Crippen molar-refractivity contribution < 1.29 is 19.4 Å². The predicted molar refractivity (Wildman–Crippen MR) is 101 cm³/mol. The van der Waals surface area contributed by atoms with Crippen LogP contribution in [0, 0.1) is 36.0 Å². The Bertz CT molecular complexity index is 876. The molecule has 0 saturated heterocycles. The van der Waals surface area contributed by atoms with Crippen molar-refractivity contribution >= 4 is 11.8 Å². The first-order valence-electron chi connectivity index (χ1n) is 9.76. The molecule has 1 N–H and O–H groups in total. The summed E-state index contributed by atoms with van der Waals surface area (Å²) < 4.78 is 4.60. The van der Waals surface area contributed by atoms with E-state index in [0.29, 0.717) is 18.8 Å². The summed E-state index contributed by atoms with van der Waals surface area (Å²) in [6.45, 7) is 4.11. The van der Waals surface area contributed by atoms with E-state index in [-0.39, 0.29) is 17.6 Å². The van der Waals surface area contributed by atoms with Gasteiger partial charge in [-0.25, -0.2) is 4.79 Å². The number of esters is 1. The van der Waals surface area contributed by atoms with Crippen LogP contribution >= 0.6 is 0 Å². The summed E-state index contributed by atoms with van der Waals surface area (Å²) in [4.78, 5) is 24.3. The van der Waals surface area contributed by atoms with E-state index in [0.717, 1.165) is 30.4 Å². The number of hydrogen-bond donors (Lipinski definition) is 1. The number of ketones is 1. The van der Waals surface area contributed by atoms with Crippen LogP contribution in [0.25, 0.3) is 0 Å². The van der Waals surface area contributed by atoms with Gasteiger partial charge in [0.05, 0.1) is 7.11 Å². The Hall–Kier alpha value is -2.12. The van der Waals surface area contributed by atoms with E-state index in [1.54, 1.807) is 0 Å². The van der Waals surface area contributed by atoms with Gasteiger partial charge in [0.15, 0.2) is 5.78 Å². The van der Waals surface area contributed by atoms with Crippen molar-refractivity contribution in [3.8, 4) is 11.8 Å². The molecule has 2 fully saturated rings. The molecule has 142 valence electrons. The standard InChI is InChI=1S/C23H26O4/c1-14-4-5-15-16-6-9-22(2)19(17(16)13-20(24)18(15)12-14)7-10-23(22,26)11-8-21(25)27-3/h4-5,12,16-17,19,26H,6-7,9-10,13H2,1-3H3/t16-,17-,19+,22+,23-/m1/s1. The molecule has 3 aliphatic rings. The summed E-state index contributed by atoms with van der Waals surface area (Å²) in [5.41, 5.74) is 1.58. The minimum Gasteiger partial charge on any atom is -0.459 e. The van der Waals surface area contributed by atoms with Crippen LogP contribution in [-0.4, -0.2) is 29.6 Å². The Morgan fingerprint density at radius 3 is 2.81 bits per heavy atom. The van der Waals surface area contributed by atoms with Crippen LogP contribution in [0.2, 0.25) is 0 Å². The Balaban J connectivity index is 1.70. The lowest BCUT2D eigenvalue weighted by Gasteiger charge is -2.51. The van der Waals surface area contributed by atoms with Gasteiger partial charge in [0, 0.05) is 23.3 Å². The van der Waals surface area contributed by atoms with Gasteiger partial charge in [-0.1, -0.05) is 30.5 Å². The van der Waals surface area contributed by atoms with Crippen LogP contribution in [0.1, 0.15) is 66.4 Å². The molecule has 0 aromatic heterocycles. The fourth-order valence-electron chi connectivity index (χ4n) is 5.94. The van der Waals surface area contributed by atoms with Gasteiger partial charge in [-0.2, -0.15) is 0 Å². The number of fused-ring (bicyclic) bond motifs is 5. The Morgan fingerprint density at radius 2 is 2.07 bits per heavy atom. The van der Waals surface area contributed by atoms with E-state index >= 15 is 0 Å². The Morgan fingerprint density at radius 1 is 1.30 bits per heavy atom.